The molecule has 3 aromatic heterocycles. The predicted octanol–water partition coefficient (Wildman–Crippen LogP) is 3.99. The SMILES string of the molecule is Cc1cc2c(cc1C(=O)N1CCc3cc(C(F)(F)F)cnc31)[nH]c(=O)c1cnc(C3CCOCC3)n12. The van der Waals surface area contributed by atoms with Crippen LogP contribution in [0.1, 0.15) is 51.6 Å². The number of aryl methyl sites for hydroxylation is 1. The maximum Gasteiger partial charge on any atom is 0.417 e. The summed E-state index contributed by atoms with van der Waals surface area (Å²) in [4.78, 5) is 39.1. The van der Waals surface area contributed by atoms with Gasteiger partial charge in [0.25, 0.3) is 11.5 Å². The van der Waals surface area contributed by atoms with E-state index in [9.17, 15) is 22.8 Å². The van der Waals surface area contributed by atoms with Crippen molar-refractivity contribution in [3.8, 4) is 0 Å². The van der Waals surface area contributed by atoms with Crippen LogP contribution in [0.4, 0.5) is 19.0 Å². The number of aromatic nitrogens is 4. The third-order valence-corrected chi connectivity index (χ3v) is 7.05. The van der Waals surface area contributed by atoms with Crippen LogP contribution in [0.5, 0.6) is 0 Å². The van der Waals surface area contributed by atoms with Crippen molar-refractivity contribution < 1.29 is 22.7 Å². The minimum absolute atomic E-state index is 0.154. The van der Waals surface area contributed by atoms with Crippen LogP contribution in [0.15, 0.2) is 35.4 Å². The molecule has 2 aliphatic heterocycles. The van der Waals surface area contributed by atoms with E-state index in [4.69, 9.17) is 4.74 Å². The predicted molar refractivity (Wildman–Crippen MR) is 125 cm³/mol. The van der Waals surface area contributed by atoms with E-state index in [2.05, 4.69) is 15.0 Å². The summed E-state index contributed by atoms with van der Waals surface area (Å²) in [6.07, 6.45) is -0.281. The lowest BCUT2D eigenvalue weighted by molar-refractivity contribution is -0.137. The van der Waals surface area contributed by atoms with Crippen molar-refractivity contribution >= 4 is 28.3 Å². The molecule has 11 heteroatoms. The lowest BCUT2D eigenvalue weighted by Gasteiger charge is -2.22. The number of aromatic amines is 1. The lowest BCUT2D eigenvalue weighted by Crippen LogP contribution is -2.30. The summed E-state index contributed by atoms with van der Waals surface area (Å²) < 4.78 is 46.6. The Kier molecular flexibility index (Phi) is 5.15. The molecule has 5 heterocycles. The van der Waals surface area contributed by atoms with E-state index in [0.29, 0.717) is 40.9 Å². The molecule has 0 unspecified atom stereocenters. The molecule has 0 aliphatic carbocycles. The van der Waals surface area contributed by atoms with Crippen LogP contribution in [0.2, 0.25) is 0 Å². The zero-order chi connectivity index (χ0) is 25.2. The highest BCUT2D eigenvalue weighted by Gasteiger charge is 2.35. The number of nitrogens with one attached hydrogen (secondary N) is 1. The fourth-order valence-electron chi connectivity index (χ4n) is 5.18. The average Bonchev–Trinajstić information content (AvgIpc) is 3.49. The molecule has 0 atom stereocenters. The van der Waals surface area contributed by atoms with Gasteiger partial charge in [-0.3, -0.25) is 18.9 Å². The van der Waals surface area contributed by atoms with Crippen molar-refractivity contribution in [1.82, 2.24) is 19.4 Å². The molecule has 0 saturated carbocycles. The quantitative estimate of drug-likeness (QED) is 0.452. The van der Waals surface area contributed by atoms with Crippen LogP contribution in [0.3, 0.4) is 0 Å². The third-order valence-electron chi connectivity index (χ3n) is 7.05. The van der Waals surface area contributed by atoms with Crippen LogP contribution in [0.25, 0.3) is 16.6 Å². The van der Waals surface area contributed by atoms with E-state index in [1.54, 1.807) is 19.2 Å². The van der Waals surface area contributed by atoms with Gasteiger partial charge in [-0.2, -0.15) is 13.2 Å². The van der Waals surface area contributed by atoms with E-state index in [1.807, 2.05) is 10.5 Å². The number of H-pyrrole nitrogens is 1. The number of imidazole rings is 1. The summed E-state index contributed by atoms with van der Waals surface area (Å²) in [6.45, 7) is 3.29. The topological polar surface area (TPSA) is 92.6 Å². The van der Waals surface area contributed by atoms with Crippen LogP contribution < -0.4 is 10.5 Å². The number of hydrogen-bond donors (Lipinski definition) is 1. The van der Waals surface area contributed by atoms with Gasteiger partial charge in [-0.1, -0.05) is 0 Å². The normalized spacial score (nSPS) is 16.7. The van der Waals surface area contributed by atoms with E-state index in [0.717, 1.165) is 36.4 Å². The second-order valence-electron chi connectivity index (χ2n) is 9.27. The van der Waals surface area contributed by atoms with Crippen LogP contribution in [0, 0.1) is 6.92 Å². The number of pyridine rings is 1. The number of carbonyl (C=O) groups excluding carboxylic acids is 1. The fraction of sp³-hybridized carbons (Fsp3) is 0.360. The molecule has 4 aromatic rings. The molecule has 0 radical (unpaired) electrons. The Morgan fingerprint density at radius 1 is 1.11 bits per heavy atom. The Balaban J connectivity index is 1.43. The monoisotopic (exact) mass is 497 g/mol. The fourth-order valence-corrected chi connectivity index (χ4v) is 5.18. The summed E-state index contributed by atoms with van der Waals surface area (Å²) in [7, 11) is 0. The second-order valence-corrected chi connectivity index (χ2v) is 9.27. The minimum atomic E-state index is -4.50. The number of halogens is 3. The number of ether oxygens (including phenoxy) is 1. The van der Waals surface area contributed by atoms with Gasteiger partial charge in [0.2, 0.25) is 0 Å². The van der Waals surface area contributed by atoms with E-state index in [-0.39, 0.29) is 36.2 Å². The number of hydrogen-bond acceptors (Lipinski definition) is 5. The molecule has 2 aliphatic rings. The van der Waals surface area contributed by atoms with Crippen molar-refractivity contribution in [2.75, 3.05) is 24.7 Å². The number of nitrogens with zero attached hydrogens (tertiary/aromatic N) is 4. The van der Waals surface area contributed by atoms with Crippen LogP contribution in [-0.2, 0) is 17.3 Å². The molecule has 1 fully saturated rings. The Labute approximate surface area is 202 Å². The maximum atomic E-state index is 13.5. The lowest BCUT2D eigenvalue weighted by atomic mass is 9.99. The van der Waals surface area contributed by atoms with Crippen LogP contribution in [-0.4, -0.2) is 45.0 Å². The standard InChI is InChI=1S/C25H22F3N5O3/c1-13-8-19-18(31-23(34)20-12-30-22(33(19)20)14-3-6-36-7-4-14)10-17(13)24(35)32-5-2-15-9-16(25(26,27)28)11-29-21(15)32/h8-12,14H,2-7H2,1H3,(H,31,34). The highest BCUT2D eigenvalue weighted by molar-refractivity contribution is 6.09. The summed E-state index contributed by atoms with van der Waals surface area (Å²) in [5.74, 6) is 0.798. The van der Waals surface area contributed by atoms with Gasteiger partial charge in [-0.15, -0.1) is 0 Å². The molecule has 8 nitrogen and oxygen atoms in total. The van der Waals surface area contributed by atoms with Gasteiger partial charge in [0.15, 0.2) is 0 Å². The van der Waals surface area contributed by atoms with Crippen molar-refractivity contribution in [3.05, 3.63) is 69.0 Å². The summed E-state index contributed by atoms with van der Waals surface area (Å²) in [6, 6.07) is 4.52. The molecule has 6 rings (SSSR count). The molecule has 186 valence electrons. The molecule has 1 amide bonds. The number of anilines is 1. The first-order chi connectivity index (χ1) is 17.2. The van der Waals surface area contributed by atoms with E-state index < -0.39 is 11.7 Å². The largest absolute Gasteiger partial charge is 0.417 e. The van der Waals surface area contributed by atoms with E-state index in [1.165, 1.54) is 4.90 Å². The zero-order valence-corrected chi connectivity index (χ0v) is 19.4. The number of rotatable bonds is 2. The number of alkyl halides is 3. The smallest absolute Gasteiger partial charge is 0.381 e. The summed E-state index contributed by atoms with van der Waals surface area (Å²) in [5.41, 5.74) is 1.89. The second kappa shape index (κ2) is 8.16. The van der Waals surface area contributed by atoms with Crippen LogP contribution >= 0.6 is 0 Å². The average molecular weight is 497 g/mol. The zero-order valence-electron chi connectivity index (χ0n) is 19.4. The summed E-state index contributed by atoms with van der Waals surface area (Å²) in [5, 5.41) is 0. The third kappa shape index (κ3) is 3.57. The molecule has 0 spiro atoms. The van der Waals surface area contributed by atoms with Crippen molar-refractivity contribution in [3.63, 3.8) is 0 Å². The Bertz CT molecular complexity index is 1580. The van der Waals surface area contributed by atoms with Crippen molar-refractivity contribution in [1.29, 1.82) is 0 Å². The Hall–Kier alpha value is -3.73. The van der Waals surface area contributed by atoms with Gasteiger partial charge in [-0.05, 0) is 55.5 Å². The first-order valence-corrected chi connectivity index (χ1v) is 11.7. The Morgan fingerprint density at radius 3 is 2.64 bits per heavy atom. The number of carbonyl (C=O) groups is 1. The summed E-state index contributed by atoms with van der Waals surface area (Å²) >= 11 is 0. The molecule has 1 saturated heterocycles. The molecular weight excluding hydrogens is 475 g/mol. The molecule has 1 N–H and O–H groups in total. The van der Waals surface area contributed by atoms with Gasteiger partial charge in [0, 0.05) is 37.4 Å². The molecule has 1 aromatic carbocycles. The Morgan fingerprint density at radius 2 is 1.89 bits per heavy atom. The molecular formula is C25H22F3N5O3. The number of amides is 1. The van der Waals surface area contributed by atoms with Crippen molar-refractivity contribution in [2.45, 2.75) is 38.3 Å². The van der Waals surface area contributed by atoms with Gasteiger partial charge in [0.05, 0.1) is 22.8 Å². The van der Waals surface area contributed by atoms with Gasteiger partial charge < -0.3 is 9.72 Å². The van der Waals surface area contributed by atoms with Gasteiger partial charge >= 0.3 is 6.18 Å². The van der Waals surface area contributed by atoms with Gasteiger partial charge in [-0.25, -0.2) is 9.97 Å². The molecule has 36 heavy (non-hydrogen) atoms. The number of benzene rings is 1. The first kappa shape index (κ1) is 22.7. The minimum Gasteiger partial charge on any atom is -0.381 e. The highest BCUT2D eigenvalue weighted by Crippen LogP contribution is 2.35. The number of fused-ring (bicyclic) bond motifs is 4. The highest BCUT2D eigenvalue weighted by atomic mass is 19.4. The van der Waals surface area contributed by atoms with Crippen molar-refractivity contribution in [2.24, 2.45) is 0 Å². The van der Waals surface area contributed by atoms with E-state index >= 15 is 0 Å². The molecule has 0 bridgehead atoms. The maximum absolute atomic E-state index is 13.5. The van der Waals surface area contributed by atoms with Gasteiger partial charge in [0.1, 0.15) is 17.2 Å². The first-order valence-electron chi connectivity index (χ1n) is 11.7.